The summed E-state index contributed by atoms with van der Waals surface area (Å²) in [6, 6.07) is 8.62. The lowest BCUT2D eigenvalue weighted by Crippen LogP contribution is -2.19. The third kappa shape index (κ3) is 3.35. The molecule has 2 heterocycles. The minimum atomic E-state index is -0.320. The van der Waals surface area contributed by atoms with Crippen LogP contribution in [0.25, 0.3) is 6.08 Å². The molecule has 1 aliphatic rings. The van der Waals surface area contributed by atoms with Crippen molar-refractivity contribution in [3.8, 4) is 11.5 Å². The monoisotopic (exact) mass is 298 g/mol. The quantitative estimate of drug-likeness (QED) is 0.695. The molecule has 0 bridgehead atoms. The fraction of sp³-hybridized carbons (Fsp3) is 0.125. The van der Waals surface area contributed by atoms with E-state index in [0.717, 1.165) is 0 Å². The maximum atomic E-state index is 12.0. The maximum absolute atomic E-state index is 12.0. The molecule has 1 aliphatic heterocycles. The second kappa shape index (κ2) is 6.62. The van der Waals surface area contributed by atoms with E-state index in [-0.39, 0.29) is 5.91 Å². The third-order valence-electron chi connectivity index (χ3n) is 2.93. The predicted octanol–water partition coefficient (Wildman–Crippen LogP) is 2.48. The zero-order valence-electron chi connectivity index (χ0n) is 11.7. The molecule has 0 saturated carbocycles. The first-order valence-electron chi connectivity index (χ1n) is 6.76. The highest BCUT2D eigenvalue weighted by Gasteiger charge is 2.14. The van der Waals surface area contributed by atoms with E-state index in [9.17, 15) is 4.79 Å². The Morgan fingerprint density at radius 2 is 2.05 bits per heavy atom. The molecule has 3 rings (SSSR count). The highest BCUT2D eigenvalue weighted by molar-refractivity contribution is 5.95. The van der Waals surface area contributed by atoms with Crippen LogP contribution in [0, 0.1) is 0 Å². The summed E-state index contributed by atoms with van der Waals surface area (Å²) < 4.78 is 16.0. The van der Waals surface area contributed by atoms with Crippen LogP contribution in [-0.2, 0) is 0 Å². The number of ether oxygens (including phenoxy) is 2. The van der Waals surface area contributed by atoms with E-state index in [1.807, 2.05) is 6.07 Å². The van der Waals surface area contributed by atoms with Gasteiger partial charge in [-0.25, -0.2) is 5.43 Å². The Bertz CT molecular complexity index is 705. The zero-order chi connectivity index (χ0) is 15.2. The molecule has 0 spiro atoms. The second-order valence-corrected chi connectivity index (χ2v) is 4.45. The molecule has 0 radical (unpaired) electrons. The van der Waals surface area contributed by atoms with Gasteiger partial charge < -0.3 is 13.9 Å². The molecule has 2 aromatic rings. The van der Waals surface area contributed by atoms with Gasteiger partial charge in [-0.15, -0.1) is 0 Å². The summed E-state index contributed by atoms with van der Waals surface area (Å²) in [5.41, 5.74) is 2.89. The van der Waals surface area contributed by atoms with Gasteiger partial charge in [-0.3, -0.25) is 4.79 Å². The van der Waals surface area contributed by atoms with Gasteiger partial charge in [0.25, 0.3) is 5.91 Å². The lowest BCUT2D eigenvalue weighted by atomic mass is 10.2. The topological polar surface area (TPSA) is 73.1 Å². The van der Waals surface area contributed by atoms with Gasteiger partial charge in [0.15, 0.2) is 11.5 Å². The van der Waals surface area contributed by atoms with Gasteiger partial charge in [-0.1, -0.05) is 0 Å². The van der Waals surface area contributed by atoms with Crippen molar-refractivity contribution < 1.29 is 18.7 Å². The molecule has 1 amide bonds. The first-order chi connectivity index (χ1) is 10.8. The van der Waals surface area contributed by atoms with Gasteiger partial charge in [-0.05, 0) is 42.5 Å². The molecule has 22 heavy (non-hydrogen) atoms. The smallest absolute Gasteiger partial charge is 0.271 e. The second-order valence-electron chi connectivity index (χ2n) is 4.45. The summed E-state index contributed by atoms with van der Waals surface area (Å²) >= 11 is 0. The maximum Gasteiger partial charge on any atom is 0.271 e. The molecule has 6 nitrogen and oxygen atoms in total. The summed E-state index contributed by atoms with van der Waals surface area (Å²) in [5, 5.41) is 3.83. The number of allylic oxidation sites excluding steroid dienone is 1. The van der Waals surface area contributed by atoms with Gasteiger partial charge in [-0.2, -0.15) is 5.10 Å². The third-order valence-corrected chi connectivity index (χ3v) is 2.93. The van der Waals surface area contributed by atoms with Crippen molar-refractivity contribution in [1.82, 2.24) is 5.43 Å². The predicted molar refractivity (Wildman–Crippen MR) is 81.1 cm³/mol. The van der Waals surface area contributed by atoms with Crippen LogP contribution in [0.2, 0.25) is 0 Å². The fourth-order valence-corrected chi connectivity index (χ4v) is 1.91. The van der Waals surface area contributed by atoms with E-state index in [2.05, 4.69) is 10.5 Å². The Hall–Kier alpha value is -3.02. The lowest BCUT2D eigenvalue weighted by molar-refractivity contribution is 0.0954. The summed E-state index contributed by atoms with van der Waals surface area (Å²) in [4.78, 5) is 12.0. The molecule has 0 aliphatic carbocycles. The van der Waals surface area contributed by atoms with Gasteiger partial charge in [0.1, 0.15) is 19.0 Å². The number of fused-ring (bicyclic) bond motifs is 1. The molecule has 0 fully saturated rings. The van der Waals surface area contributed by atoms with Crippen molar-refractivity contribution in [2.45, 2.75) is 0 Å². The molecule has 0 unspecified atom stereocenters. The minimum Gasteiger partial charge on any atom is -0.486 e. The van der Waals surface area contributed by atoms with Crippen LogP contribution in [0.15, 0.2) is 52.2 Å². The van der Waals surface area contributed by atoms with Crippen LogP contribution in [0.3, 0.4) is 0 Å². The number of benzene rings is 1. The normalized spacial score (nSPS) is 13.6. The number of nitrogens with one attached hydrogen (secondary N) is 1. The number of nitrogens with zero attached hydrogens (tertiary/aromatic N) is 1. The van der Waals surface area contributed by atoms with E-state index in [4.69, 9.17) is 13.9 Å². The number of carbonyl (C=O) groups excluding carboxylic acids is 1. The lowest BCUT2D eigenvalue weighted by Gasteiger charge is -2.18. The highest BCUT2D eigenvalue weighted by Crippen LogP contribution is 2.30. The van der Waals surface area contributed by atoms with Crippen LogP contribution in [0.1, 0.15) is 16.1 Å². The average molecular weight is 298 g/mol. The summed E-state index contributed by atoms with van der Waals surface area (Å²) in [7, 11) is 0. The van der Waals surface area contributed by atoms with Gasteiger partial charge in [0, 0.05) is 11.8 Å². The molecular weight excluding hydrogens is 284 g/mol. The fourth-order valence-electron chi connectivity index (χ4n) is 1.91. The van der Waals surface area contributed by atoms with E-state index in [1.54, 1.807) is 42.7 Å². The Labute approximate surface area is 127 Å². The Morgan fingerprint density at radius 3 is 2.86 bits per heavy atom. The molecule has 1 aromatic heterocycles. The number of amides is 1. The first-order valence-corrected chi connectivity index (χ1v) is 6.76. The summed E-state index contributed by atoms with van der Waals surface area (Å²) in [6.07, 6.45) is 6.46. The number of hydrogen-bond acceptors (Lipinski definition) is 5. The van der Waals surface area contributed by atoms with Crippen LogP contribution >= 0.6 is 0 Å². The van der Waals surface area contributed by atoms with Gasteiger partial charge in [0.05, 0.1) is 6.26 Å². The van der Waals surface area contributed by atoms with Crippen molar-refractivity contribution in [1.29, 1.82) is 0 Å². The van der Waals surface area contributed by atoms with Crippen molar-refractivity contribution >= 4 is 18.2 Å². The van der Waals surface area contributed by atoms with Crippen LogP contribution < -0.4 is 14.9 Å². The number of furan rings is 1. The molecular formula is C16H14N2O4. The Balaban J connectivity index is 1.57. The number of rotatable bonds is 4. The van der Waals surface area contributed by atoms with Crippen molar-refractivity contribution in [3.05, 3.63) is 54.0 Å². The number of hydrogen-bond donors (Lipinski definition) is 1. The molecule has 1 aromatic carbocycles. The molecule has 6 heteroatoms. The van der Waals surface area contributed by atoms with Crippen LogP contribution in [0.4, 0.5) is 0 Å². The van der Waals surface area contributed by atoms with Crippen molar-refractivity contribution in [2.24, 2.45) is 5.10 Å². The molecule has 112 valence electrons. The SMILES string of the molecule is O=C(N/N=C/C=C/c1ccco1)c1ccc2c(c1)OCCO2. The Kier molecular flexibility index (Phi) is 4.20. The molecule has 1 N–H and O–H groups in total. The van der Waals surface area contributed by atoms with E-state index >= 15 is 0 Å². The van der Waals surface area contributed by atoms with Crippen LogP contribution in [-0.4, -0.2) is 25.3 Å². The molecule has 0 saturated heterocycles. The van der Waals surface area contributed by atoms with E-state index in [0.29, 0.717) is 36.0 Å². The van der Waals surface area contributed by atoms with Crippen molar-refractivity contribution in [2.75, 3.05) is 13.2 Å². The standard InChI is InChI=1S/C16H14N2O4/c19-16(18-17-7-1-3-13-4-2-8-20-13)12-5-6-14-15(11-12)22-10-9-21-14/h1-8,11H,9-10H2,(H,18,19)/b3-1+,17-7+. The number of carbonyl (C=O) groups is 1. The molecule has 0 atom stereocenters. The highest BCUT2D eigenvalue weighted by atomic mass is 16.6. The number of hydrazone groups is 1. The Morgan fingerprint density at radius 1 is 1.18 bits per heavy atom. The van der Waals surface area contributed by atoms with E-state index < -0.39 is 0 Å². The van der Waals surface area contributed by atoms with Gasteiger partial charge >= 0.3 is 0 Å². The minimum absolute atomic E-state index is 0.320. The van der Waals surface area contributed by atoms with Crippen LogP contribution in [0.5, 0.6) is 11.5 Å². The van der Waals surface area contributed by atoms with E-state index in [1.165, 1.54) is 6.21 Å². The van der Waals surface area contributed by atoms with Gasteiger partial charge in [0.2, 0.25) is 0 Å². The summed E-state index contributed by atoms with van der Waals surface area (Å²) in [5.74, 6) is 1.61. The largest absolute Gasteiger partial charge is 0.486 e. The average Bonchev–Trinajstić information content (AvgIpc) is 3.07. The van der Waals surface area contributed by atoms with Crippen molar-refractivity contribution in [3.63, 3.8) is 0 Å². The zero-order valence-corrected chi connectivity index (χ0v) is 11.7. The first kappa shape index (κ1) is 13.9. The summed E-state index contributed by atoms with van der Waals surface area (Å²) in [6.45, 7) is 0.999.